The zero-order valence-corrected chi connectivity index (χ0v) is 7.89. The minimum Gasteiger partial charge on any atom is -0.318 e. The summed E-state index contributed by atoms with van der Waals surface area (Å²) in [4.78, 5) is 0. The molecule has 0 spiro atoms. The van der Waals surface area contributed by atoms with E-state index in [-0.39, 0.29) is 17.5 Å². The zero-order valence-electron chi connectivity index (χ0n) is 7.89. The van der Waals surface area contributed by atoms with E-state index < -0.39 is 6.17 Å². The second-order valence-corrected chi connectivity index (χ2v) is 4.37. The topological polar surface area (TPSA) is 24.1 Å². The van der Waals surface area contributed by atoms with E-state index in [0.717, 1.165) is 0 Å². The largest absolute Gasteiger partial charge is 0.318 e. The molecule has 1 rings (SSSR count). The van der Waals surface area contributed by atoms with Crippen LogP contribution in [0.5, 0.6) is 0 Å². The number of nitrogens with one attached hydrogen (secondary N) is 2. The molecule has 4 heteroatoms. The van der Waals surface area contributed by atoms with Gasteiger partial charge in [0, 0.05) is 18.1 Å². The lowest BCUT2D eigenvalue weighted by atomic mass is 9.88. The molecule has 2 radical (unpaired) electrons. The summed E-state index contributed by atoms with van der Waals surface area (Å²) < 4.78 is 13.2. The molecule has 0 amide bonds. The van der Waals surface area contributed by atoms with Crippen LogP contribution >= 0.6 is 0 Å². The lowest BCUT2D eigenvalue weighted by Gasteiger charge is -2.29. The highest BCUT2D eigenvalue weighted by Crippen LogP contribution is 2.13. The van der Waals surface area contributed by atoms with Crippen LogP contribution in [0.3, 0.4) is 0 Å². The quantitative estimate of drug-likeness (QED) is 0.548. The van der Waals surface area contributed by atoms with Crippen molar-refractivity contribution in [2.24, 2.45) is 0 Å². The van der Waals surface area contributed by atoms with Crippen LogP contribution in [0, 0.1) is 0 Å². The summed E-state index contributed by atoms with van der Waals surface area (Å²) >= 11 is 0. The zero-order chi connectivity index (χ0) is 9.35. The van der Waals surface area contributed by atoms with Crippen LogP contribution in [0.1, 0.15) is 20.8 Å². The Balaban J connectivity index is 2.50. The van der Waals surface area contributed by atoms with Gasteiger partial charge in [-0.2, -0.15) is 0 Å². The number of hydrogen-bond acceptors (Lipinski definition) is 2. The molecule has 1 saturated heterocycles. The third-order valence-electron chi connectivity index (χ3n) is 1.92. The van der Waals surface area contributed by atoms with Crippen molar-refractivity contribution in [3.8, 4) is 0 Å². The number of alkyl halides is 1. The van der Waals surface area contributed by atoms with Gasteiger partial charge in [-0.05, 0) is 26.7 Å². The van der Waals surface area contributed by atoms with Gasteiger partial charge >= 0.3 is 0 Å². The Morgan fingerprint density at radius 1 is 1.50 bits per heavy atom. The standard InChI is InChI=1S/C8H16BFN2/c1-8(2,3)12-6-5(10)4-11-7(6)9/h5-7,11-12H,4H2,1-3H3. The van der Waals surface area contributed by atoms with Gasteiger partial charge in [-0.3, -0.25) is 0 Å². The number of halogens is 1. The summed E-state index contributed by atoms with van der Waals surface area (Å²) in [6.45, 7) is 6.37. The first-order valence-corrected chi connectivity index (χ1v) is 4.31. The van der Waals surface area contributed by atoms with E-state index >= 15 is 0 Å². The van der Waals surface area contributed by atoms with Gasteiger partial charge < -0.3 is 10.6 Å². The summed E-state index contributed by atoms with van der Waals surface area (Å²) in [5.74, 6) is -0.265. The maximum Gasteiger partial charge on any atom is 0.128 e. The normalized spacial score (nSPS) is 37.2. The maximum atomic E-state index is 13.2. The smallest absolute Gasteiger partial charge is 0.128 e. The van der Waals surface area contributed by atoms with E-state index in [0.29, 0.717) is 6.54 Å². The Labute approximate surface area is 74.7 Å². The summed E-state index contributed by atoms with van der Waals surface area (Å²) in [7, 11) is 5.66. The fourth-order valence-corrected chi connectivity index (χ4v) is 1.41. The third-order valence-corrected chi connectivity index (χ3v) is 1.92. The van der Waals surface area contributed by atoms with Gasteiger partial charge in [-0.1, -0.05) is 0 Å². The van der Waals surface area contributed by atoms with Crippen molar-refractivity contribution in [2.75, 3.05) is 6.54 Å². The van der Waals surface area contributed by atoms with Crippen molar-refractivity contribution in [2.45, 2.75) is 44.5 Å². The molecule has 0 aromatic heterocycles. The molecular weight excluding hydrogens is 154 g/mol. The summed E-state index contributed by atoms with van der Waals surface area (Å²) in [5.41, 5.74) is -0.0847. The minimum absolute atomic E-state index is 0.0847. The van der Waals surface area contributed by atoms with Gasteiger partial charge in [0.1, 0.15) is 6.17 Å². The number of hydrogen-bond donors (Lipinski definition) is 2. The van der Waals surface area contributed by atoms with Crippen LogP contribution in [0.25, 0.3) is 0 Å². The molecule has 1 fully saturated rings. The van der Waals surface area contributed by atoms with Gasteiger partial charge in [0.05, 0.1) is 7.85 Å². The van der Waals surface area contributed by atoms with Crippen molar-refractivity contribution < 1.29 is 4.39 Å². The fraction of sp³-hybridized carbons (Fsp3) is 1.00. The highest BCUT2D eigenvalue weighted by atomic mass is 19.1. The molecule has 0 saturated carbocycles. The molecule has 1 aliphatic rings. The molecule has 1 heterocycles. The summed E-state index contributed by atoms with van der Waals surface area (Å²) in [6, 6.07) is -0.259. The highest BCUT2D eigenvalue weighted by Gasteiger charge is 2.34. The minimum atomic E-state index is -0.876. The first-order valence-electron chi connectivity index (χ1n) is 4.31. The molecule has 12 heavy (non-hydrogen) atoms. The maximum absolute atomic E-state index is 13.2. The summed E-state index contributed by atoms with van der Waals surface area (Å²) in [5, 5.41) is 6.04. The van der Waals surface area contributed by atoms with Gasteiger partial charge in [0.15, 0.2) is 0 Å². The summed E-state index contributed by atoms with van der Waals surface area (Å²) in [6.07, 6.45) is -0.876. The molecule has 0 aromatic rings. The molecule has 0 aromatic carbocycles. The van der Waals surface area contributed by atoms with Gasteiger partial charge in [0.25, 0.3) is 0 Å². The molecule has 3 unspecified atom stereocenters. The lowest BCUT2D eigenvalue weighted by molar-refractivity contribution is 0.252. The Hall–Kier alpha value is -0.0851. The van der Waals surface area contributed by atoms with Crippen LogP contribution < -0.4 is 10.6 Å². The first kappa shape index (κ1) is 10.00. The van der Waals surface area contributed by atoms with Crippen molar-refractivity contribution in [1.82, 2.24) is 10.6 Å². The van der Waals surface area contributed by atoms with Crippen molar-refractivity contribution >= 4 is 7.85 Å². The van der Waals surface area contributed by atoms with Crippen molar-refractivity contribution in [1.29, 1.82) is 0 Å². The van der Waals surface area contributed by atoms with E-state index in [1.165, 1.54) is 0 Å². The Morgan fingerprint density at radius 3 is 2.42 bits per heavy atom. The van der Waals surface area contributed by atoms with Gasteiger partial charge in [0.2, 0.25) is 0 Å². The van der Waals surface area contributed by atoms with E-state index in [4.69, 9.17) is 7.85 Å². The predicted molar refractivity (Wildman–Crippen MR) is 49.1 cm³/mol. The number of rotatable bonds is 1. The Bertz CT molecular complexity index is 148. The van der Waals surface area contributed by atoms with Crippen molar-refractivity contribution in [3.05, 3.63) is 0 Å². The molecule has 0 aliphatic carbocycles. The van der Waals surface area contributed by atoms with Crippen LogP contribution in [-0.4, -0.2) is 38.1 Å². The first-order chi connectivity index (χ1) is 5.40. The molecular formula is C8H16BFN2. The third kappa shape index (κ3) is 2.46. The molecule has 0 bridgehead atoms. The molecule has 68 valence electrons. The molecule has 2 nitrogen and oxygen atoms in total. The van der Waals surface area contributed by atoms with E-state index in [9.17, 15) is 4.39 Å². The van der Waals surface area contributed by atoms with Gasteiger partial charge in [-0.25, -0.2) is 4.39 Å². The lowest BCUT2D eigenvalue weighted by Crippen LogP contribution is -2.52. The average Bonchev–Trinajstić information content (AvgIpc) is 2.16. The van der Waals surface area contributed by atoms with Crippen LogP contribution in [0.4, 0.5) is 4.39 Å². The Morgan fingerprint density at radius 2 is 2.08 bits per heavy atom. The van der Waals surface area contributed by atoms with E-state index in [1.807, 2.05) is 20.8 Å². The second kappa shape index (κ2) is 3.34. The van der Waals surface area contributed by atoms with Crippen molar-refractivity contribution in [3.63, 3.8) is 0 Å². The molecule has 1 aliphatic heterocycles. The Kier molecular flexibility index (Phi) is 2.79. The van der Waals surface area contributed by atoms with Crippen LogP contribution in [0.15, 0.2) is 0 Å². The van der Waals surface area contributed by atoms with Crippen LogP contribution in [-0.2, 0) is 0 Å². The highest BCUT2D eigenvalue weighted by molar-refractivity contribution is 6.12. The van der Waals surface area contributed by atoms with Gasteiger partial charge in [-0.15, -0.1) is 0 Å². The van der Waals surface area contributed by atoms with E-state index in [1.54, 1.807) is 0 Å². The molecule has 3 atom stereocenters. The predicted octanol–water partition coefficient (Wildman–Crippen LogP) is 0.179. The molecule has 2 N–H and O–H groups in total. The SMILES string of the molecule is [B]C1NCC(F)C1NC(C)(C)C. The second-order valence-electron chi connectivity index (χ2n) is 4.37. The van der Waals surface area contributed by atoms with E-state index in [2.05, 4.69) is 10.6 Å². The average molecular weight is 170 g/mol. The fourth-order valence-electron chi connectivity index (χ4n) is 1.41. The van der Waals surface area contributed by atoms with Crippen LogP contribution in [0.2, 0.25) is 0 Å². The monoisotopic (exact) mass is 170 g/mol.